The van der Waals surface area contributed by atoms with Crippen LogP contribution < -0.4 is 14.8 Å². The van der Waals surface area contributed by atoms with Gasteiger partial charge < -0.3 is 14.8 Å². The highest BCUT2D eigenvalue weighted by Gasteiger charge is 2.18. The number of carbonyl (C=O) groups is 2. The van der Waals surface area contributed by atoms with Gasteiger partial charge in [0.1, 0.15) is 11.5 Å². The third-order valence-corrected chi connectivity index (χ3v) is 5.15. The van der Waals surface area contributed by atoms with E-state index in [1.807, 2.05) is 54.8 Å². The third-order valence-electron chi connectivity index (χ3n) is 4.21. The van der Waals surface area contributed by atoms with Crippen molar-refractivity contribution in [1.82, 2.24) is 5.32 Å². The smallest absolute Gasteiger partial charge is 0.258 e. The number of thiophene rings is 1. The molecule has 0 bridgehead atoms. The monoisotopic (exact) mass is 409 g/mol. The predicted octanol–water partition coefficient (Wildman–Crippen LogP) is 4.63. The molecule has 0 saturated carbocycles. The second-order valence-electron chi connectivity index (χ2n) is 6.38. The normalized spacial score (nSPS) is 11.5. The Balaban J connectivity index is 1.69. The number of hydrogen-bond donors (Lipinski definition) is 1. The lowest BCUT2D eigenvalue weighted by Crippen LogP contribution is -2.33. The number of carbonyl (C=O) groups excluding carboxylic acids is 2. The van der Waals surface area contributed by atoms with Crippen LogP contribution in [0.25, 0.3) is 0 Å². The van der Waals surface area contributed by atoms with E-state index in [0.29, 0.717) is 30.0 Å². The number of amides is 1. The number of hydrogen-bond acceptors (Lipinski definition) is 5. The maximum absolute atomic E-state index is 12.6. The SMILES string of the molecule is CCCOc1ccc(C=O)c(OCC(=O)N[C@H](c2ccccc2)c2cccs2)c1. The molecule has 6 heteroatoms. The molecule has 1 amide bonds. The second-order valence-corrected chi connectivity index (χ2v) is 7.36. The minimum Gasteiger partial charge on any atom is -0.493 e. The maximum atomic E-state index is 12.6. The van der Waals surface area contributed by atoms with Gasteiger partial charge >= 0.3 is 0 Å². The molecular formula is C23H23NO4S. The molecule has 1 heterocycles. The van der Waals surface area contributed by atoms with Gasteiger partial charge in [-0.2, -0.15) is 0 Å². The van der Waals surface area contributed by atoms with Gasteiger partial charge in [-0.15, -0.1) is 11.3 Å². The lowest BCUT2D eigenvalue weighted by molar-refractivity contribution is -0.123. The van der Waals surface area contributed by atoms with E-state index in [1.165, 1.54) is 0 Å². The molecule has 1 atom stereocenters. The minimum absolute atomic E-state index is 0.202. The molecule has 0 unspecified atom stereocenters. The topological polar surface area (TPSA) is 64.6 Å². The van der Waals surface area contributed by atoms with E-state index in [4.69, 9.17) is 9.47 Å². The van der Waals surface area contributed by atoms with Gasteiger partial charge in [-0.3, -0.25) is 9.59 Å². The van der Waals surface area contributed by atoms with Crippen LogP contribution in [0, 0.1) is 0 Å². The summed E-state index contributed by atoms with van der Waals surface area (Å²) in [4.78, 5) is 24.9. The van der Waals surface area contributed by atoms with Gasteiger partial charge in [-0.25, -0.2) is 0 Å². The van der Waals surface area contributed by atoms with Crippen LogP contribution in [0.1, 0.15) is 40.2 Å². The van der Waals surface area contributed by atoms with Crippen LogP contribution in [0.3, 0.4) is 0 Å². The molecule has 0 spiro atoms. The van der Waals surface area contributed by atoms with Gasteiger partial charge in [0.15, 0.2) is 12.9 Å². The van der Waals surface area contributed by atoms with Gasteiger partial charge in [-0.05, 0) is 35.6 Å². The first kappa shape index (κ1) is 20.6. The Morgan fingerprint density at radius 2 is 1.93 bits per heavy atom. The number of aldehydes is 1. The predicted molar refractivity (Wildman–Crippen MR) is 114 cm³/mol. The molecule has 0 radical (unpaired) electrons. The molecule has 0 saturated heterocycles. The largest absolute Gasteiger partial charge is 0.493 e. The third kappa shape index (κ3) is 5.68. The average Bonchev–Trinajstić information content (AvgIpc) is 3.29. The summed E-state index contributed by atoms with van der Waals surface area (Å²) in [5, 5.41) is 5.00. The van der Waals surface area contributed by atoms with Crippen LogP contribution in [0.5, 0.6) is 11.5 Å². The zero-order chi connectivity index (χ0) is 20.5. The van der Waals surface area contributed by atoms with Crippen LogP contribution in [-0.4, -0.2) is 25.4 Å². The summed E-state index contributed by atoms with van der Waals surface area (Å²) in [5.41, 5.74) is 1.37. The number of benzene rings is 2. The number of rotatable bonds is 10. The summed E-state index contributed by atoms with van der Waals surface area (Å²) < 4.78 is 11.2. The van der Waals surface area contributed by atoms with Gasteiger partial charge in [0.2, 0.25) is 0 Å². The lowest BCUT2D eigenvalue weighted by atomic mass is 10.1. The number of nitrogens with one attached hydrogen (secondary N) is 1. The molecule has 0 fully saturated rings. The molecule has 2 aromatic carbocycles. The first-order chi connectivity index (χ1) is 14.2. The van der Waals surface area contributed by atoms with Crippen molar-refractivity contribution >= 4 is 23.5 Å². The van der Waals surface area contributed by atoms with E-state index in [1.54, 1.807) is 29.5 Å². The van der Waals surface area contributed by atoms with Crippen molar-refractivity contribution in [2.45, 2.75) is 19.4 Å². The first-order valence-electron chi connectivity index (χ1n) is 9.43. The van der Waals surface area contributed by atoms with E-state index in [-0.39, 0.29) is 18.6 Å². The fraction of sp³-hybridized carbons (Fsp3) is 0.217. The Labute approximate surface area is 174 Å². The highest BCUT2D eigenvalue weighted by molar-refractivity contribution is 7.10. The summed E-state index contributed by atoms with van der Waals surface area (Å²) in [6.07, 6.45) is 1.58. The quantitative estimate of drug-likeness (QED) is 0.496. The fourth-order valence-electron chi connectivity index (χ4n) is 2.81. The van der Waals surface area contributed by atoms with Crippen LogP contribution in [0.2, 0.25) is 0 Å². The maximum Gasteiger partial charge on any atom is 0.258 e. The van der Waals surface area contributed by atoms with E-state index >= 15 is 0 Å². The summed E-state index contributed by atoms with van der Waals surface area (Å²) in [6.45, 7) is 2.38. The van der Waals surface area contributed by atoms with E-state index < -0.39 is 0 Å². The summed E-state index contributed by atoms with van der Waals surface area (Å²) >= 11 is 1.58. The van der Waals surface area contributed by atoms with Gasteiger partial charge in [0.05, 0.1) is 18.2 Å². The Bertz CT molecular complexity index is 925. The van der Waals surface area contributed by atoms with Crippen LogP contribution >= 0.6 is 11.3 Å². The van der Waals surface area contributed by atoms with Gasteiger partial charge in [-0.1, -0.05) is 43.3 Å². The Kier molecular flexibility index (Phi) is 7.41. The molecule has 0 aliphatic heterocycles. The molecule has 1 aromatic heterocycles. The number of ether oxygens (including phenoxy) is 2. The highest BCUT2D eigenvalue weighted by Crippen LogP contribution is 2.26. The van der Waals surface area contributed by atoms with Crippen molar-refractivity contribution in [3.63, 3.8) is 0 Å². The lowest BCUT2D eigenvalue weighted by Gasteiger charge is -2.18. The second kappa shape index (κ2) is 10.4. The van der Waals surface area contributed by atoms with E-state index in [2.05, 4.69) is 5.32 Å². The first-order valence-corrected chi connectivity index (χ1v) is 10.3. The summed E-state index contributed by atoms with van der Waals surface area (Å²) in [6, 6.07) is 18.5. The van der Waals surface area contributed by atoms with Crippen molar-refractivity contribution in [2.75, 3.05) is 13.2 Å². The fourth-order valence-corrected chi connectivity index (χ4v) is 3.61. The Hall–Kier alpha value is -3.12. The molecule has 150 valence electrons. The highest BCUT2D eigenvalue weighted by atomic mass is 32.1. The van der Waals surface area contributed by atoms with Crippen molar-refractivity contribution < 1.29 is 19.1 Å². The molecule has 3 aromatic rings. The van der Waals surface area contributed by atoms with Crippen LogP contribution in [0.4, 0.5) is 0 Å². The molecule has 0 aliphatic rings. The minimum atomic E-state index is -0.274. The Morgan fingerprint density at radius 1 is 1.10 bits per heavy atom. The van der Waals surface area contributed by atoms with Crippen molar-refractivity contribution in [1.29, 1.82) is 0 Å². The van der Waals surface area contributed by atoms with Crippen molar-refractivity contribution in [3.05, 3.63) is 82.0 Å². The Morgan fingerprint density at radius 3 is 2.62 bits per heavy atom. The molecule has 3 rings (SSSR count). The van der Waals surface area contributed by atoms with E-state index in [9.17, 15) is 9.59 Å². The summed E-state index contributed by atoms with van der Waals surface area (Å²) in [5.74, 6) is 0.661. The average molecular weight is 410 g/mol. The van der Waals surface area contributed by atoms with Crippen molar-refractivity contribution in [3.8, 4) is 11.5 Å². The molecular weight excluding hydrogens is 386 g/mol. The van der Waals surface area contributed by atoms with E-state index in [0.717, 1.165) is 16.9 Å². The molecule has 0 aliphatic carbocycles. The molecule has 1 N–H and O–H groups in total. The van der Waals surface area contributed by atoms with Gasteiger partial charge in [0, 0.05) is 10.9 Å². The standard InChI is InChI=1S/C23H23NO4S/c1-2-12-27-19-11-10-18(15-25)20(14-19)28-16-22(26)24-23(21-9-6-13-29-21)17-7-4-3-5-8-17/h3-11,13-15,23H,2,12,16H2,1H3,(H,24,26)/t23-/m1/s1. The van der Waals surface area contributed by atoms with Crippen LogP contribution in [-0.2, 0) is 4.79 Å². The summed E-state index contributed by atoms with van der Waals surface area (Å²) in [7, 11) is 0. The van der Waals surface area contributed by atoms with Crippen molar-refractivity contribution in [2.24, 2.45) is 0 Å². The van der Waals surface area contributed by atoms with Crippen LogP contribution in [0.15, 0.2) is 66.0 Å². The zero-order valence-electron chi connectivity index (χ0n) is 16.2. The van der Waals surface area contributed by atoms with Gasteiger partial charge in [0.25, 0.3) is 5.91 Å². The molecule has 5 nitrogen and oxygen atoms in total. The molecule has 29 heavy (non-hydrogen) atoms. The zero-order valence-corrected chi connectivity index (χ0v) is 17.0.